The third-order valence-electron chi connectivity index (χ3n) is 3.72. The van der Waals surface area contributed by atoms with Crippen molar-refractivity contribution in [1.82, 2.24) is 0 Å². The molecule has 4 aromatic carbocycles. The van der Waals surface area contributed by atoms with E-state index in [4.69, 9.17) is 0 Å². The minimum absolute atomic E-state index is 0.233. The lowest BCUT2D eigenvalue weighted by molar-refractivity contribution is 0.470. The molecule has 4 aromatic rings. The molecule has 4 heteroatoms. The van der Waals surface area contributed by atoms with Gasteiger partial charge in [0.15, 0.2) is 0 Å². The van der Waals surface area contributed by atoms with Gasteiger partial charge in [0, 0.05) is 20.6 Å². The zero-order valence-electron chi connectivity index (χ0n) is 10.0. The number of hydrogen-bond acceptors (Lipinski definition) is 1. The van der Waals surface area contributed by atoms with Crippen LogP contribution in [0.2, 0.25) is 0 Å². The molecule has 0 fully saturated rings. The standard InChI is InChI=1S/C16H7Br3O/c17-10-6-8-3-1-2-7-4-5-9-12(11(7)8)13(10)15(19)16(20)14(9)18/h1-6,20H. The number of rotatable bonds is 0. The molecule has 0 aliphatic heterocycles. The van der Waals surface area contributed by atoms with Crippen molar-refractivity contribution >= 4 is 80.1 Å². The van der Waals surface area contributed by atoms with Gasteiger partial charge in [0.1, 0.15) is 5.75 Å². The first-order valence-electron chi connectivity index (χ1n) is 6.02. The summed E-state index contributed by atoms with van der Waals surface area (Å²) >= 11 is 10.7. The van der Waals surface area contributed by atoms with Crippen LogP contribution in [0.15, 0.2) is 49.8 Å². The summed E-state index contributed by atoms with van der Waals surface area (Å²) in [6, 6.07) is 12.5. The molecule has 1 nitrogen and oxygen atoms in total. The molecule has 0 aromatic heterocycles. The SMILES string of the molecule is Oc1c(Br)c2ccc3cccc4cc(Br)c(c1Br)c2c34. The normalized spacial score (nSPS) is 11.9. The summed E-state index contributed by atoms with van der Waals surface area (Å²) in [6.45, 7) is 0. The minimum Gasteiger partial charge on any atom is -0.506 e. The molecule has 0 atom stereocenters. The van der Waals surface area contributed by atoms with Gasteiger partial charge >= 0.3 is 0 Å². The van der Waals surface area contributed by atoms with Crippen LogP contribution in [-0.4, -0.2) is 5.11 Å². The van der Waals surface area contributed by atoms with Crippen LogP contribution in [0.25, 0.3) is 32.3 Å². The lowest BCUT2D eigenvalue weighted by atomic mass is 9.94. The predicted octanol–water partition coefficient (Wildman–Crippen LogP) is 6.58. The monoisotopic (exact) mass is 452 g/mol. The Bertz CT molecular complexity index is 992. The first-order valence-corrected chi connectivity index (χ1v) is 8.40. The summed E-state index contributed by atoms with van der Waals surface area (Å²) < 4.78 is 2.41. The van der Waals surface area contributed by atoms with Gasteiger partial charge in [-0.25, -0.2) is 0 Å². The van der Waals surface area contributed by atoms with Gasteiger partial charge in [0.25, 0.3) is 0 Å². The summed E-state index contributed by atoms with van der Waals surface area (Å²) in [6.07, 6.45) is 0. The molecular formula is C16H7Br3O. The highest BCUT2D eigenvalue weighted by atomic mass is 79.9. The summed E-state index contributed by atoms with van der Waals surface area (Å²) in [5, 5.41) is 17.1. The molecule has 0 aliphatic rings. The summed E-state index contributed by atoms with van der Waals surface area (Å²) in [4.78, 5) is 0. The molecule has 0 bridgehead atoms. The zero-order chi connectivity index (χ0) is 14.0. The van der Waals surface area contributed by atoms with Gasteiger partial charge in [-0.15, -0.1) is 0 Å². The number of benzene rings is 4. The molecule has 20 heavy (non-hydrogen) atoms. The Morgan fingerprint density at radius 2 is 1.50 bits per heavy atom. The van der Waals surface area contributed by atoms with Crippen LogP contribution in [0, 0.1) is 0 Å². The number of halogens is 3. The first-order chi connectivity index (χ1) is 9.59. The van der Waals surface area contributed by atoms with Crippen LogP contribution >= 0.6 is 47.8 Å². The average molecular weight is 455 g/mol. The second-order valence-corrected chi connectivity index (χ2v) is 7.22. The number of hydrogen-bond donors (Lipinski definition) is 1. The van der Waals surface area contributed by atoms with Crippen molar-refractivity contribution < 1.29 is 5.11 Å². The van der Waals surface area contributed by atoms with Gasteiger partial charge in [-0.2, -0.15) is 0 Å². The van der Waals surface area contributed by atoms with Crippen LogP contribution in [-0.2, 0) is 0 Å². The van der Waals surface area contributed by atoms with Crippen molar-refractivity contribution in [2.24, 2.45) is 0 Å². The van der Waals surface area contributed by atoms with Crippen LogP contribution in [0.3, 0.4) is 0 Å². The fourth-order valence-corrected chi connectivity index (χ4v) is 5.17. The molecule has 0 amide bonds. The molecular weight excluding hydrogens is 448 g/mol. The zero-order valence-corrected chi connectivity index (χ0v) is 14.8. The van der Waals surface area contributed by atoms with E-state index in [1.807, 2.05) is 6.07 Å². The Labute approximate surface area is 140 Å². The lowest BCUT2D eigenvalue weighted by Crippen LogP contribution is -1.88. The minimum atomic E-state index is 0.233. The van der Waals surface area contributed by atoms with Gasteiger partial charge in [0.05, 0.1) is 8.95 Å². The highest BCUT2D eigenvalue weighted by Gasteiger charge is 2.19. The molecule has 4 rings (SSSR count). The van der Waals surface area contributed by atoms with Gasteiger partial charge < -0.3 is 5.11 Å². The van der Waals surface area contributed by atoms with Crippen molar-refractivity contribution in [3.8, 4) is 5.75 Å². The van der Waals surface area contributed by atoms with E-state index >= 15 is 0 Å². The molecule has 0 aliphatic carbocycles. The van der Waals surface area contributed by atoms with Crippen molar-refractivity contribution in [1.29, 1.82) is 0 Å². The molecule has 0 radical (unpaired) electrons. The quantitative estimate of drug-likeness (QED) is 0.298. The smallest absolute Gasteiger partial charge is 0.145 e. The van der Waals surface area contributed by atoms with Gasteiger partial charge in [-0.1, -0.05) is 46.3 Å². The van der Waals surface area contributed by atoms with Crippen LogP contribution in [0.1, 0.15) is 0 Å². The molecule has 0 saturated carbocycles. The Morgan fingerprint density at radius 3 is 2.30 bits per heavy atom. The topological polar surface area (TPSA) is 20.2 Å². The molecule has 98 valence electrons. The number of aromatic hydroxyl groups is 1. The van der Waals surface area contributed by atoms with Crippen molar-refractivity contribution in [3.63, 3.8) is 0 Å². The average Bonchev–Trinajstić information content (AvgIpc) is 2.44. The molecule has 0 unspecified atom stereocenters. The Balaban J connectivity index is 2.50. The first kappa shape index (κ1) is 12.9. The fourth-order valence-electron chi connectivity index (χ4n) is 2.86. The predicted molar refractivity (Wildman–Crippen MR) is 94.9 cm³/mol. The molecule has 0 spiro atoms. The van der Waals surface area contributed by atoms with E-state index in [0.29, 0.717) is 4.47 Å². The van der Waals surface area contributed by atoms with Crippen molar-refractivity contribution in [2.75, 3.05) is 0 Å². The van der Waals surface area contributed by atoms with E-state index in [0.717, 1.165) is 25.1 Å². The molecule has 0 heterocycles. The van der Waals surface area contributed by atoms with E-state index in [1.165, 1.54) is 16.2 Å². The second kappa shape index (κ2) is 4.33. The van der Waals surface area contributed by atoms with Gasteiger partial charge in [0.2, 0.25) is 0 Å². The molecule has 1 N–H and O–H groups in total. The van der Waals surface area contributed by atoms with E-state index in [-0.39, 0.29) is 5.75 Å². The summed E-state index contributed by atoms with van der Waals surface area (Å²) in [7, 11) is 0. The maximum atomic E-state index is 10.3. The highest BCUT2D eigenvalue weighted by Crippen LogP contribution is 2.49. The van der Waals surface area contributed by atoms with Gasteiger partial charge in [-0.3, -0.25) is 0 Å². The third-order valence-corrected chi connectivity index (χ3v) is 5.92. The Kier molecular flexibility index (Phi) is 2.78. The number of phenolic OH excluding ortho intramolecular Hbond substituents is 1. The Hall–Kier alpha value is -0.840. The highest BCUT2D eigenvalue weighted by molar-refractivity contribution is 9.11. The van der Waals surface area contributed by atoms with E-state index in [2.05, 4.69) is 78.1 Å². The van der Waals surface area contributed by atoms with E-state index in [1.54, 1.807) is 0 Å². The maximum Gasteiger partial charge on any atom is 0.145 e. The number of phenols is 1. The van der Waals surface area contributed by atoms with E-state index < -0.39 is 0 Å². The van der Waals surface area contributed by atoms with E-state index in [9.17, 15) is 5.11 Å². The third kappa shape index (κ3) is 1.53. The van der Waals surface area contributed by atoms with Crippen LogP contribution in [0.5, 0.6) is 5.75 Å². The van der Waals surface area contributed by atoms with Crippen molar-refractivity contribution in [3.05, 3.63) is 49.8 Å². The summed E-state index contributed by atoms with van der Waals surface area (Å²) in [5.74, 6) is 0.233. The van der Waals surface area contributed by atoms with Crippen molar-refractivity contribution in [2.45, 2.75) is 0 Å². The summed E-state index contributed by atoms with van der Waals surface area (Å²) in [5.41, 5.74) is 0. The molecule has 0 saturated heterocycles. The van der Waals surface area contributed by atoms with Gasteiger partial charge in [-0.05, 0) is 54.1 Å². The largest absolute Gasteiger partial charge is 0.506 e. The van der Waals surface area contributed by atoms with Crippen LogP contribution in [0.4, 0.5) is 0 Å². The van der Waals surface area contributed by atoms with Crippen LogP contribution < -0.4 is 0 Å². The lowest BCUT2D eigenvalue weighted by Gasteiger charge is -2.16. The second-order valence-electron chi connectivity index (χ2n) is 4.78. The Morgan fingerprint density at radius 1 is 0.750 bits per heavy atom. The maximum absolute atomic E-state index is 10.3. The fraction of sp³-hybridized carbons (Fsp3) is 0.